The Kier molecular flexibility index (Phi) is 6.04. The zero-order valence-corrected chi connectivity index (χ0v) is 31.6. The summed E-state index contributed by atoms with van der Waals surface area (Å²) < 4.78 is 58.7. The fraction of sp³-hybridized carbons (Fsp3) is 0.0909. The summed E-state index contributed by atoms with van der Waals surface area (Å²) in [4.78, 5) is 2.29. The minimum atomic E-state index is -2.04. The number of fused-ring (bicyclic) bond motifs is 7. The molecule has 0 unspecified atom stereocenters. The minimum absolute atomic E-state index is 0.107. The molecule has 0 amide bonds. The van der Waals surface area contributed by atoms with Gasteiger partial charge in [-0.2, -0.15) is 0 Å². The number of hydrogen-bond acceptors (Lipinski definition) is 1. The molecule has 8 aromatic carbocycles. The van der Waals surface area contributed by atoms with Crippen LogP contribution in [-0.4, -0.2) is 4.57 Å². The molecule has 0 fully saturated rings. The first-order valence-corrected chi connectivity index (χ1v) is 19.4. The van der Waals surface area contributed by atoms with E-state index in [1.54, 1.807) is 24.3 Å². The van der Waals surface area contributed by atoms with Crippen LogP contribution in [0.3, 0.4) is 0 Å². The second-order valence-electron chi connectivity index (χ2n) is 15.6. The lowest BCUT2D eigenvalue weighted by atomic mass is 9.82. The van der Waals surface area contributed by atoms with Crippen molar-refractivity contribution >= 4 is 44.9 Å². The lowest BCUT2D eigenvalue weighted by Gasteiger charge is -2.28. The van der Waals surface area contributed by atoms with Crippen LogP contribution in [0.15, 0.2) is 182 Å². The van der Waals surface area contributed by atoms with Crippen LogP contribution in [0.2, 0.25) is 0 Å². The molecule has 9 aromatic rings. The predicted molar refractivity (Wildman–Crippen MR) is 241 cm³/mol. The van der Waals surface area contributed by atoms with E-state index in [0.717, 1.165) is 66.8 Å². The van der Waals surface area contributed by atoms with E-state index in [2.05, 4.69) is 151 Å². The van der Waals surface area contributed by atoms with Gasteiger partial charge in [0.15, 0.2) is 0 Å². The molecule has 0 aliphatic heterocycles. The zero-order chi connectivity index (χ0) is 44.3. The highest BCUT2D eigenvalue weighted by molar-refractivity contribution is 6.10. The monoisotopic (exact) mass is 737 g/mol. The number of para-hydroxylation sites is 1. The first-order valence-electron chi connectivity index (χ1n) is 22.9. The molecule has 0 spiro atoms. The highest BCUT2D eigenvalue weighted by atomic mass is 15.1. The summed E-state index contributed by atoms with van der Waals surface area (Å²) in [7, 11) is 0. The third-order valence-electron chi connectivity index (χ3n) is 12.0. The van der Waals surface area contributed by atoms with Gasteiger partial charge in [-0.05, 0) is 141 Å². The summed E-state index contributed by atoms with van der Waals surface area (Å²) in [5.74, 6) is 0. The van der Waals surface area contributed by atoms with Crippen LogP contribution in [0.25, 0.3) is 66.9 Å². The predicted octanol–water partition coefficient (Wildman–Crippen LogP) is 14.6. The molecule has 0 radical (unpaired) electrons. The Labute approximate surface area is 344 Å². The van der Waals surface area contributed by atoms with Gasteiger partial charge in [0.05, 0.1) is 15.1 Å². The molecule has 2 aliphatic rings. The topological polar surface area (TPSA) is 8.17 Å². The Balaban J connectivity index is 0.979. The molecule has 1 aromatic heterocycles. The number of aromatic nitrogens is 1. The van der Waals surface area contributed by atoms with E-state index >= 15 is 0 Å². The van der Waals surface area contributed by atoms with E-state index < -0.39 is 19.3 Å². The fourth-order valence-corrected chi connectivity index (χ4v) is 9.02. The lowest BCUT2D eigenvalue weighted by Crippen LogP contribution is -2.16. The van der Waals surface area contributed by atoms with Crippen LogP contribution < -0.4 is 4.90 Å². The number of anilines is 3. The van der Waals surface area contributed by atoms with E-state index in [1.807, 2.05) is 24.3 Å². The van der Waals surface area contributed by atoms with Crippen molar-refractivity contribution in [3.05, 3.63) is 210 Å². The first kappa shape index (κ1) is 26.8. The quantitative estimate of drug-likeness (QED) is 0.158. The average Bonchev–Trinajstić information content (AvgIpc) is 3.76. The summed E-state index contributed by atoms with van der Waals surface area (Å²) >= 11 is 0. The Morgan fingerprint density at radius 1 is 0.561 bits per heavy atom. The van der Waals surface area contributed by atoms with E-state index in [9.17, 15) is 0 Å². The van der Waals surface area contributed by atoms with Crippen molar-refractivity contribution in [2.45, 2.75) is 32.0 Å². The smallest absolute Gasteiger partial charge is 0.0623 e. The molecule has 57 heavy (non-hydrogen) atoms. The van der Waals surface area contributed by atoms with Gasteiger partial charge in [0, 0.05) is 44.4 Å². The molecular formula is C55H42N2. The third-order valence-corrected chi connectivity index (χ3v) is 12.0. The van der Waals surface area contributed by atoms with Gasteiger partial charge >= 0.3 is 0 Å². The molecule has 2 nitrogen and oxygen atoms in total. The van der Waals surface area contributed by atoms with Gasteiger partial charge in [0.1, 0.15) is 0 Å². The lowest BCUT2D eigenvalue weighted by molar-refractivity contribution is 0.660. The largest absolute Gasteiger partial charge is 0.310 e. The SMILES string of the molecule is [2H]C([2H])=C([2H])c1ccc(-n2c3ccccc3c3cc(-c4ccc(N(c5ccc(-c6ccc7c(c6)C([2H])([2H])C7([2H])[2H])cc5)c5ccc6c(c5)C(C)(C)c5ccccc5-6)cc4)ccc32)cc1. The van der Waals surface area contributed by atoms with E-state index in [4.69, 9.17) is 9.60 Å². The number of benzene rings is 8. The van der Waals surface area contributed by atoms with Gasteiger partial charge in [-0.25, -0.2) is 0 Å². The maximum atomic E-state index is 8.38. The molecule has 0 bridgehead atoms. The molecule has 1 heterocycles. The van der Waals surface area contributed by atoms with Crippen LogP contribution in [0.5, 0.6) is 0 Å². The van der Waals surface area contributed by atoms with Gasteiger partial charge in [0.2, 0.25) is 0 Å². The van der Waals surface area contributed by atoms with E-state index in [-0.39, 0.29) is 11.5 Å². The number of aryl methyl sites for hydroxylation is 2. The van der Waals surface area contributed by atoms with Crippen molar-refractivity contribution in [1.29, 1.82) is 0 Å². The second-order valence-corrected chi connectivity index (χ2v) is 15.6. The summed E-state index contributed by atoms with van der Waals surface area (Å²) in [6.07, 6.45) is -4.04. The third kappa shape index (κ3) is 5.32. The van der Waals surface area contributed by atoms with E-state index in [1.165, 1.54) is 22.3 Å². The zero-order valence-electron chi connectivity index (χ0n) is 38.6. The summed E-state index contributed by atoms with van der Waals surface area (Å²) in [6.45, 7) is 4.08. The maximum Gasteiger partial charge on any atom is 0.0623 e. The van der Waals surface area contributed by atoms with E-state index in [0.29, 0.717) is 16.7 Å². The standard InChI is InChI=1S/C55H42N2/c1-4-36-13-24-45(25-14-36)57-53-12-8-6-10-49(53)50-34-42(23-32-54(50)57)39-21-28-44(29-22-39)56(43-26-19-38(20-27-43)41-18-16-37-15-17-40(37)33-41)46-30-31-48-47-9-5-7-11-51(47)55(2,3)52(48)35-46/h4-14,16,18-35H,1,15,17H2,2-3H3/i1D2,4D,15D2,17D2. The Morgan fingerprint density at radius 2 is 1.18 bits per heavy atom. The van der Waals surface area contributed by atoms with Gasteiger partial charge in [-0.3, -0.25) is 0 Å². The molecule has 272 valence electrons. The average molecular weight is 738 g/mol. The van der Waals surface area contributed by atoms with Crippen molar-refractivity contribution in [2.75, 3.05) is 4.90 Å². The second kappa shape index (κ2) is 12.8. The highest BCUT2D eigenvalue weighted by Crippen LogP contribution is 2.51. The van der Waals surface area contributed by atoms with Crippen LogP contribution in [0.1, 0.15) is 51.3 Å². The van der Waals surface area contributed by atoms with Crippen molar-refractivity contribution < 1.29 is 9.60 Å². The molecule has 2 heteroatoms. The number of rotatable bonds is 7. The molecule has 0 N–H and O–H groups in total. The van der Waals surface area contributed by atoms with Crippen LogP contribution in [-0.2, 0) is 18.2 Å². The van der Waals surface area contributed by atoms with Gasteiger partial charge < -0.3 is 9.47 Å². The highest BCUT2D eigenvalue weighted by Gasteiger charge is 2.35. The van der Waals surface area contributed by atoms with Gasteiger partial charge in [0.25, 0.3) is 0 Å². The van der Waals surface area contributed by atoms with Crippen LogP contribution in [0.4, 0.5) is 17.1 Å². The van der Waals surface area contributed by atoms with Gasteiger partial charge in [-0.1, -0.05) is 136 Å². The molecule has 0 saturated carbocycles. The van der Waals surface area contributed by atoms with Crippen LogP contribution >= 0.6 is 0 Å². The summed E-state index contributed by atoms with van der Waals surface area (Å²) in [5, 5.41) is 2.24. The van der Waals surface area contributed by atoms with Crippen molar-refractivity contribution in [3.8, 4) is 39.1 Å². The van der Waals surface area contributed by atoms with Crippen molar-refractivity contribution in [2.24, 2.45) is 0 Å². The molecule has 2 aliphatic carbocycles. The maximum absolute atomic E-state index is 8.38. The van der Waals surface area contributed by atoms with Gasteiger partial charge in [-0.15, -0.1) is 0 Å². The molecule has 11 rings (SSSR count). The number of nitrogens with zero attached hydrogens (tertiary/aromatic N) is 2. The summed E-state index contributed by atoms with van der Waals surface area (Å²) in [6, 6.07) is 60.2. The van der Waals surface area contributed by atoms with Crippen molar-refractivity contribution in [1.82, 2.24) is 4.57 Å². The Morgan fingerprint density at radius 3 is 1.95 bits per heavy atom. The van der Waals surface area contributed by atoms with Crippen LogP contribution in [0, 0.1) is 0 Å². The fourth-order valence-electron chi connectivity index (χ4n) is 9.02. The molecular weight excluding hydrogens is 689 g/mol. The minimum Gasteiger partial charge on any atom is -0.310 e. The Hall–Kier alpha value is -6.90. The molecule has 0 atom stereocenters. The molecule has 0 saturated heterocycles. The Bertz CT molecular complexity index is 3380. The van der Waals surface area contributed by atoms with Crippen molar-refractivity contribution in [3.63, 3.8) is 0 Å². The normalized spacial score (nSPS) is 17.0. The first-order chi connectivity index (χ1) is 30.7. The number of hydrogen-bond donors (Lipinski definition) is 0. The summed E-state index contributed by atoms with van der Waals surface area (Å²) in [5.41, 5.74) is 16.3.